The van der Waals surface area contributed by atoms with Gasteiger partial charge in [-0.2, -0.15) is 0 Å². The van der Waals surface area contributed by atoms with Crippen LogP contribution in [0.3, 0.4) is 0 Å². The maximum Gasteiger partial charge on any atom is 0.271 e. The molecule has 3 aromatic rings. The summed E-state index contributed by atoms with van der Waals surface area (Å²) in [6.45, 7) is 0.942. The minimum absolute atomic E-state index is 0.00309. The molecule has 0 atom stereocenters. The molecule has 0 fully saturated rings. The molecule has 0 aliphatic carbocycles. The van der Waals surface area contributed by atoms with E-state index in [0.29, 0.717) is 17.9 Å². The van der Waals surface area contributed by atoms with Crippen LogP contribution in [-0.2, 0) is 6.54 Å². The van der Waals surface area contributed by atoms with Crippen molar-refractivity contribution in [2.75, 3.05) is 6.61 Å². The van der Waals surface area contributed by atoms with Crippen molar-refractivity contribution in [2.24, 2.45) is 0 Å². The highest BCUT2D eigenvalue weighted by Crippen LogP contribution is 2.13. The molecule has 0 saturated carbocycles. The van der Waals surface area contributed by atoms with Crippen LogP contribution >= 0.6 is 11.3 Å². The second-order valence-electron chi connectivity index (χ2n) is 4.04. The van der Waals surface area contributed by atoms with Gasteiger partial charge in [0.2, 0.25) is 0 Å². The van der Waals surface area contributed by atoms with Crippen molar-refractivity contribution in [1.29, 1.82) is 0 Å². The van der Waals surface area contributed by atoms with E-state index in [2.05, 4.69) is 4.98 Å². The number of para-hydroxylation sites is 1. The molecule has 3 rings (SSSR count). The number of nitrogens with zero attached hydrogens (tertiary/aromatic N) is 2. The lowest BCUT2D eigenvalue weighted by Gasteiger charge is -2.07. The zero-order valence-electron chi connectivity index (χ0n) is 10.2. The summed E-state index contributed by atoms with van der Waals surface area (Å²) in [4.78, 5) is 16.4. The van der Waals surface area contributed by atoms with Crippen LogP contribution in [0.25, 0.3) is 10.2 Å². The van der Waals surface area contributed by atoms with Gasteiger partial charge in [0.05, 0.1) is 18.4 Å². The Bertz CT molecular complexity index is 734. The molecule has 0 spiro atoms. The quantitative estimate of drug-likeness (QED) is 0.733. The van der Waals surface area contributed by atoms with E-state index in [1.165, 1.54) is 11.3 Å². The molecule has 0 aliphatic rings. The lowest BCUT2D eigenvalue weighted by atomic mass is 10.3. The van der Waals surface area contributed by atoms with Crippen molar-refractivity contribution >= 4 is 21.6 Å². The number of thiophene rings is 1. The molecule has 0 amide bonds. The molecule has 0 radical (unpaired) electrons. The van der Waals surface area contributed by atoms with Crippen molar-refractivity contribution in [3.63, 3.8) is 0 Å². The second kappa shape index (κ2) is 5.24. The topological polar surface area (TPSA) is 44.1 Å². The number of hydrogen-bond acceptors (Lipinski definition) is 4. The van der Waals surface area contributed by atoms with Gasteiger partial charge in [-0.05, 0) is 23.6 Å². The molecule has 1 aromatic carbocycles. The Kier molecular flexibility index (Phi) is 3.29. The van der Waals surface area contributed by atoms with E-state index in [9.17, 15) is 4.79 Å². The molecule has 4 nitrogen and oxygen atoms in total. The Morgan fingerprint density at radius 3 is 2.89 bits per heavy atom. The first-order valence-corrected chi connectivity index (χ1v) is 6.83. The van der Waals surface area contributed by atoms with Crippen LogP contribution in [0.2, 0.25) is 0 Å². The summed E-state index contributed by atoms with van der Waals surface area (Å²) < 4.78 is 7.86. The normalized spacial score (nSPS) is 10.7. The van der Waals surface area contributed by atoms with Crippen LogP contribution in [0.15, 0.2) is 52.9 Å². The van der Waals surface area contributed by atoms with Gasteiger partial charge in [-0.15, -0.1) is 11.3 Å². The summed E-state index contributed by atoms with van der Waals surface area (Å²) in [7, 11) is 0. The summed E-state index contributed by atoms with van der Waals surface area (Å²) in [6.07, 6.45) is 1.58. The number of ether oxygens (including phenoxy) is 1. The first-order chi connectivity index (χ1) is 9.34. The molecular weight excluding hydrogens is 260 g/mol. The predicted octanol–water partition coefficient (Wildman–Crippen LogP) is 2.54. The van der Waals surface area contributed by atoms with E-state index < -0.39 is 0 Å². The third-order valence-corrected chi connectivity index (χ3v) is 3.67. The minimum atomic E-state index is -0.00309. The van der Waals surface area contributed by atoms with Gasteiger partial charge in [-0.3, -0.25) is 9.36 Å². The fourth-order valence-corrected chi connectivity index (χ4v) is 2.61. The summed E-state index contributed by atoms with van der Waals surface area (Å²) in [5, 5.41) is 1.88. The molecule has 0 aliphatic heterocycles. The number of benzene rings is 1. The summed E-state index contributed by atoms with van der Waals surface area (Å²) in [6, 6.07) is 11.4. The molecule has 5 heteroatoms. The highest BCUT2D eigenvalue weighted by Gasteiger charge is 2.04. The lowest BCUT2D eigenvalue weighted by molar-refractivity contribution is 0.296. The second-order valence-corrected chi connectivity index (χ2v) is 4.96. The van der Waals surface area contributed by atoms with Crippen molar-refractivity contribution in [2.45, 2.75) is 6.54 Å². The molecule has 0 N–H and O–H groups in total. The van der Waals surface area contributed by atoms with Gasteiger partial charge < -0.3 is 4.74 Å². The number of fused-ring (bicyclic) bond motifs is 1. The van der Waals surface area contributed by atoms with Crippen LogP contribution < -0.4 is 10.3 Å². The fraction of sp³-hybridized carbons (Fsp3) is 0.143. The zero-order valence-corrected chi connectivity index (χ0v) is 11.0. The third-order valence-electron chi connectivity index (χ3n) is 2.78. The Morgan fingerprint density at radius 1 is 1.21 bits per heavy atom. The number of rotatable bonds is 4. The summed E-state index contributed by atoms with van der Waals surface area (Å²) in [5.41, 5.74) is 0.756. The molecular formula is C14H12N2O2S. The first kappa shape index (κ1) is 11.9. The maximum atomic E-state index is 12.1. The molecule has 0 saturated heterocycles. The van der Waals surface area contributed by atoms with Gasteiger partial charge in [-0.1, -0.05) is 18.2 Å². The van der Waals surface area contributed by atoms with E-state index in [0.717, 1.165) is 11.3 Å². The molecule has 0 unspecified atom stereocenters. The maximum absolute atomic E-state index is 12.1. The summed E-state index contributed by atoms with van der Waals surface area (Å²) >= 11 is 1.42. The Labute approximate surface area is 113 Å². The Hall–Kier alpha value is -2.14. The smallest absolute Gasteiger partial charge is 0.271 e. The molecule has 2 heterocycles. The van der Waals surface area contributed by atoms with Crippen LogP contribution in [0.5, 0.6) is 5.75 Å². The minimum Gasteiger partial charge on any atom is -0.492 e. The summed E-state index contributed by atoms with van der Waals surface area (Å²) in [5.74, 6) is 0.806. The van der Waals surface area contributed by atoms with Gasteiger partial charge in [0.15, 0.2) is 0 Å². The van der Waals surface area contributed by atoms with Gasteiger partial charge in [-0.25, -0.2) is 4.98 Å². The van der Waals surface area contributed by atoms with E-state index in [4.69, 9.17) is 4.74 Å². The zero-order chi connectivity index (χ0) is 13.1. The van der Waals surface area contributed by atoms with Crippen molar-refractivity contribution in [3.8, 4) is 5.75 Å². The molecule has 96 valence electrons. The van der Waals surface area contributed by atoms with Crippen LogP contribution in [0.4, 0.5) is 0 Å². The lowest BCUT2D eigenvalue weighted by Crippen LogP contribution is -2.22. The first-order valence-electron chi connectivity index (χ1n) is 5.95. The fourth-order valence-electron chi connectivity index (χ4n) is 1.82. The molecule has 0 bridgehead atoms. The van der Waals surface area contributed by atoms with Gasteiger partial charge >= 0.3 is 0 Å². The molecule has 19 heavy (non-hydrogen) atoms. The average Bonchev–Trinajstić information content (AvgIpc) is 2.92. The SMILES string of the molecule is O=c1c2sccc2ncn1CCOc1ccccc1. The van der Waals surface area contributed by atoms with Gasteiger partial charge in [0.25, 0.3) is 5.56 Å². The van der Waals surface area contributed by atoms with Gasteiger partial charge in [0.1, 0.15) is 17.1 Å². The van der Waals surface area contributed by atoms with E-state index in [1.54, 1.807) is 10.9 Å². The van der Waals surface area contributed by atoms with Crippen LogP contribution in [0, 0.1) is 0 Å². The predicted molar refractivity (Wildman–Crippen MR) is 75.8 cm³/mol. The number of hydrogen-bond donors (Lipinski definition) is 0. The average molecular weight is 272 g/mol. The molecule has 2 aromatic heterocycles. The largest absolute Gasteiger partial charge is 0.492 e. The van der Waals surface area contributed by atoms with Crippen LogP contribution in [-0.4, -0.2) is 16.2 Å². The Balaban J connectivity index is 1.72. The van der Waals surface area contributed by atoms with Crippen molar-refractivity contribution in [3.05, 3.63) is 58.5 Å². The van der Waals surface area contributed by atoms with Gasteiger partial charge in [0, 0.05) is 0 Å². The van der Waals surface area contributed by atoms with Crippen molar-refractivity contribution < 1.29 is 4.74 Å². The highest BCUT2D eigenvalue weighted by molar-refractivity contribution is 7.17. The van der Waals surface area contributed by atoms with E-state index >= 15 is 0 Å². The standard InChI is InChI=1S/C14H12N2O2S/c17-14-13-12(6-9-19-13)15-10-16(14)7-8-18-11-4-2-1-3-5-11/h1-6,9-10H,7-8H2. The third kappa shape index (κ3) is 2.51. The highest BCUT2D eigenvalue weighted by atomic mass is 32.1. The number of aromatic nitrogens is 2. The van der Waals surface area contributed by atoms with E-state index in [1.807, 2.05) is 41.8 Å². The van der Waals surface area contributed by atoms with Crippen LogP contribution in [0.1, 0.15) is 0 Å². The Morgan fingerprint density at radius 2 is 2.05 bits per heavy atom. The van der Waals surface area contributed by atoms with Crippen molar-refractivity contribution in [1.82, 2.24) is 9.55 Å². The van der Waals surface area contributed by atoms with E-state index in [-0.39, 0.29) is 5.56 Å². The monoisotopic (exact) mass is 272 g/mol.